The number of anilines is 1. The zero-order valence-electron chi connectivity index (χ0n) is 26.7. The molecule has 4 atom stereocenters. The van der Waals surface area contributed by atoms with Crippen LogP contribution in [0.5, 0.6) is 0 Å². The number of aliphatic hydroxyl groups is 1. The normalized spacial score (nSPS) is 19.2. The molecule has 0 saturated carbocycles. The minimum Gasteiger partial charge on any atom is -0.463 e. The van der Waals surface area contributed by atoms with Gasteiger partial charge in [0.25, 0.3) is 5.91 Å². The number of esters is 1. The van der Waals surface area contributed by atoms with Crippen LogP contribution in [0.3, 0.4) is 0 Å². The Morgan fingerprint density at radius 1 is 0.812 bits per heavy atom. The van der Waals surface area contributed by atoms with Crippen molar-refractivity contribution in [3.05, 3.63) is 126 Å². The first kappa shape index (κ1) is 34.1. The SMILES string of the molecule is O=C(C[C@H]1CC=CC[C@@H](Cc2ccccc2)C(=O)OC[C@@H](C(=O)Nc2ccc3ccccc3c2)NC1=O)N[C@H](CO)Cc1ccccc1. The van der Waals surface area contributed by atoms with E-state index in [1.807, 2.05) is 103 Å². The van der Waals surface area contributed by atoms with E-state index in [4.69, 9.17) is 4.74 Å². The Labute approximate surface area is 280 Å². The number of amides is 3. The first-order chi connectivity index (χ1) is 23.4. The van der Waals surface area contributed by atoms with Gasteiger partial charge in [0.05, 0.1) is 24.5 Å². The molecule has 4 N–H and O–H groups in total. The van der Waals surface area contributed by atoms with Gasteiger partial charge in [0.15, 0.2) is 0 Å². The van der Waals surface area contributed by atoms with Gasteiger partial charge < -0.3 is 25.8 Å². The molecule has 248 valence electrons. The van der Waals surface area contributed by atoms with Crippen molar-refractivity contribution in [1.29, 1.82) is 0 Å². The third-order valence-corrected chi connectivity index (χ3v) is 8.42. The lowest BCUT2D eigenvalue weighted by molar-refractivity contribution is -0.150. The molecule has 0 bridgehead atoms. The second-order valence-corrected chi connectivity index (χ2v) is 12.1. The monoisotopic (exact) mass is 647 g/mol. The number of allylic oxidation sites excluding steroid dienone is 2. The second-order valence-electron chi connectivity index (χ2n) is 12.1. The Morgan fingerprint density at radius 2 is 1.46 bits per heavy atom. The van der Waals surface area contributed by atoms with Crippen LogP contribution in [0, 0.1) is 11.8 Å². The zero-order chi connectivity index (χ0) is 33.7. The molecule has 1 heterocycles. The van der Waals surface area contributed by atoms with Crippen molar-refractivity contribution in [2.24, 2.45) is 11.8 Å². The van der Waals surface area contributed by atoms with Gasteiger partial charge in [0.1, 0.15) is 12.6 Å². The molecule has 5 rings (SSSR count). The minimum absolute atomic E-state index is 0.159. The minimum atomic E-state index is -1.21. The van der Waals surface area contributed by atoms with Crippen molar-refractivity contribution in [2.75, 3.05) is 18.5 Å². The van der Waals surface area contributed by atoms with Crippen LogP contribution in [0.15, 0.2) is 115 Å². The third kappa shape index (κ3) is 9.86. The molecule has 0 fully saturated rings. The van der Waals surface area contributed by atoms with Crippen LogP contribution in [0.25, 0.3) is 10.8 Å². The number of rotatable bonds is 10. The molecule has 4 aromatic carbocycles. The number of ether oxygens (including phenoxy) is 1. The number of carbonyl (C=O) groups excluding carboxylic acids is 4. The fraction of sp³-hybridized carbons (Fsp3) is 0.282. The number of aliphatic hydroxyl groups excluding tert-OH is 1. The summed E-state index contributed by atoms with van der Waals surface area (Å²) in [6.45, 7) is -0.635. The van der Waals surface area contributed by atoms with Crippen molar-refractivity contribution < 1.29 is 29.0 Å². The van der Waals surface area contributed by atoms with E-state index < -0.39 is 47.6 Å². The Bertz CT molecular complexity index is 1730. The number of nitrogens with one attached hydrogen (secondary N) is 3. The van der Waals surface area contributed by atoms with Crippen LogP contribution >= 0.6 is 0 Å². The van der Waals surface area contributed by atoms with E-state index in [0.717, 1.165) is 21.9 Å². The molecule has 3 amide bonds. The maximum atomic E-state index is 13.6. The van der Waals surface area contributed by atoms with Crippen molar-refractivity contribution in [1.82, 2.24) is 10.6 Å². The van der Waals surface area contributed by atoms with E-state index in [9.17, 15) is 24.3 Å². The number of hydrogen-bond acceptors (Lipinski definition) is 6. The van der Waals surface area contributed by atoms with Crippen molar-refractivity contribution in [3.8, 4) is 0 Å². The Hall–Kier alpha value is -5.28. The van der Waals surface area contributed by atoms with Gasteiger partial charge >= 0.3 is 5.97 Å². The van der Waals surface area contributed by atoms with Crippen LogP contribution in [0.2, 0.25) is 0 Å². The average Bonchev–Trinajstić information content (AvgIpc) is 3.10. The summed E-state index contributed by atoms with van der Waals surface area (Å²) in [4.78, 5) is 53.7. The lowest BCUT2D eigenvalue weighted by atomic mass is 9.94. The first-order valence-electron chi connectivity index (χ1n) is 16.3. The van der Waals surface area contributed by atoms with Gasteiger partial charge in [0.2, 0.25) is 11.8 Å². The summed E-state index contributed by atoms with van der Waals surface area (Å²) in [5.74, 6) is -3.24. The van der Waals surface area contributed by atoms with Gasteiger partial charge in [-0.05, 0) is 59.7 Å². The van der Waals surface area contributed by atoms with E-state index in [0.29, 0.717) is 24.9 Å². The molecule has 1 aliphatic rings. The lowest BCUT2D eigenvalue weighted by Gasteiger charge is -2.24. The maximum absolute atomic E-state index is 13.6. The van der Waals surface area contributed by atoms with Gasteiger partial charge in [-0.2, -0.15) is 0 Å². The number of fused-ring (bicyclic) bond motifs is 1. The van der Waals surface area contributed by atoms with Crippen LogP contribution in [-0.4, -0.2) is 54.1 Å². The van der Waals surface area contributed by atoms with Crippen LogP contribution in [-0.2, 0) is 36.8 Å². The highest BCUT2D eigenvalue weighted by molar-refractivity contribution is 5.99. The van der Waals surface area contributed by atoms with Gasteiger partial charge in [-0.3, -0.25) is 19.2 Å². The van der Waals surface area contributed by atoms with Crippen LogP contribution < -0.4 is 16.0 Å². The summed E-state index contributed by atoms with van der Waals surface area (Å²) in [5, 5.41) is 20.3. The number of hydrogen-bond donors (Lipinski definition) is 4. The van der Waals surface area contributed by atoms with Crippen molar-refractivity contribution in [3.63, 3.8) is 0 Å². The third-order valence-electron chi connectivity index (χ3n) is 8.42. The first-order valence-corrected chi connectivity index (χ1v) is 16.3. The summed E-state index contributed by atoms with van der Waals surface area (Å²) in [7, 11) is 0. The summed E-state index contributed by atoms with van der Waals surface area (Å²) in [6.07, 6.45) is 4.94. The summed E-state index contributed by atoms with van der Waals surface area (Å²) >= 11 is 0. The van der Waals surface area contributed by atoms with Crippen molar-refractivity contribution >= 4 is 40.2 Å². The molecule has 48 heavy (non-hydrogen) atoms. The van der Waals surface area contributed by atoms with Gasteiger partial charge in [0, 0.05) is 12.1 Å². The molecular weight excluding hydrogens is 606 g/mol. The highest BCUT2D eigenvalue weighted by Gasteiger charge is 2.30. The summed E-state index contributed by atoms with van der Waals surface area (Å²) < 4.78 is 5.67. The highest BCUT2D eigenvalue weighted by Crippen LogP contribution is 2.21. The van der Waals surface area contributed by atoms with Gasteiger partial charge in [-0.1, -0.05) is 103 Å². The molecule has 0 saturated heterocycles. The second kappa shape index (κ2) is 17.0. The van der Waals surface area contributed by atoms with E-state index >= 15 is 0 Å². The Kier molecular flexibility index (Phi) is 12.1. The molecule has 0 aromatic heterocycles. The molecule has 0 radical (unpaired) electrons. The zero-order valence-corrected chi connectivity index (χ0v) is 26.7. The van der Waals surface area contributed by atoms with E-state index in [1.54, 1.807) is 12.1 Å². The quantitative estimate of drug-likeness (QED) is 0.145. The maximum Gasteiger partial charge on any atom is 0.309 e. The standard InChI is InChI=1S/C39H41N3O6/c43-25-34(22-28-13-5-2-6-14-28)40-36(44)24-31-17-9-10-18-32(21-27-11-3-1-4-12-27)39(47)48-26-35(42-37(31)45)38(46)41-33-20-19-29-15-7-8-16-30(29)23-33/h1-16,19-20,23,31-32,34-35,43H,17-18,21-22,24-26H2,(H,40,44)(H,41,46)(H,42,45)/t31-,32+,34+,35+/m1/s1. The van der Waals surface area contributed by atoms with Crippen LogP contribution in [0.4, 0.5) is 5.69 Å². The Morgan fingerprint density at radius 3 is 2.17 bits per heavy atom. The fourth-order valence-electron chi connectivity index (χ4n) is 5.79. The Balaban J connectivity index is 1.33. The molecule has 1 aliphatic heterocycles. The molecule has 4 aromatic rings. The highest BCUT2D eigenvalue weighted by atomic mass is 16.5. The molecule has 0 spiro atoms. The molecule has 0 aliphatic carbocycles. The number of benzene rings is 4. The predicted octanol–water partition coefficient (Wildman–Crippen LogP) is 4.74. The molecule has 9 heteroatoms. The largest absolute Gasteiger partial charge is 0.463 e. The van der Waals surface area contributed by atoms with Crippen LogP contribution in [0.1, 0.15) is 30.4 Å². The molecule has 9 nitrogen and oxygen atoms in total. The fourth-order valence-corrected chi connectivity index (χ4v) is 5.79. The summed E-state index contributed by atoms with van der Waals surface area (Å²) in [5.41, 5.74) is 2.46. The number of carbonyl (C=O) groups is 4. The average molecular weight is 648 g/mol. The smallest absolute Gasteiger partial charge is 0.309 e. The van der Waals surface area contributed by atoms with E-state index in [1.165, 1.54) is 0 Å². The topological polar surface area (TPSA) is 134 Å². The molecular formula is C39H41N3O6. The molecule has 0 unspecified atom stereocenters. The van der Waals surface area contributed by atoms with Crippen molar-refractivity contribution in [2.45, 2.75) is 44.2 Å². The van der Waals surface area contributed by atoms with E-state index in [2.05, 4.69) is 16.0 Å². The predicted molar refractivity (Wildman–Crippen MR) is 185 cm³/mol. The van der Waals surface area contributed by atoms with E-state index in [-0.39, 0.29) is 26.1 Å². The summed E-state index contributed by atoms with van der Waals surface area (Å²) in [6, 6.07) is 30.6. The lowest BCUT2D eigenvalue weighted by Crippen LogP contribution is -2.50. The number of cyclic esters (lactones) is 1. The van der Waals surface area contributed by atoms with Gasteiger partial charge in [-0.25, -0.2) is 0 Å². The van der Waals surface area contributed by atoms with Gasteiger partial charge in [-0.15, -0.1) is 0 Å².